The summed E-state index contributed by atoms with van der Waals surface area (Å²) in [6.07, 6.45) is -5.09. The van der Waals surface area contributed by atoms with Crippen molar-refractivity contribution in [1.29, 1.82) is 0 Å². The third kappa shape index (κ3) is 4.39. The summed E-state index contributed by atoms with van der Waals surface area (Å²) >= 11 is 0. The first-order valence-corrected chi connectivity index (χ1v) is 6.71. The molecule has 0 saturated carbocycles. The first kappa shape index (κ1) is 9.29. The van der Waals surface area contributed by atoms with E-state index < -0.39 is 67.3 Å². The van der Waals surface area contributed by atoms with E-state index in [0.29, 0.717) is 6.07 Å². The Bertz CT molecular complexity index is 944. The quantitative estimate of drug-likeness (QED) is 0.904. The highest BCUT2D eigenvalue weighted by Crippen LogP contribution is 2.31. The van der Waals surface area contributed by atoms with Crippen LogP contribution in [0.2, 0.25) is 0 Å². The number of amides is 2. The lowest BCUT2D eigenvalue weighted by Gasteiger charge is -2.37. The number of benzene rings is 1. The van der Waals surface area contributed by atoms with Gasteiger partial charge >= 0.3 is 6.18 Å². The maximum atomic E-state index is 13.3. The van der Waals surface area contributed by atoms with Crippen molar-refractivity contribution in [2.24, 2.45) is 0 Å². The van der Waals surface area contributed by atoms with E-state index in [4.69, 9.17) is 12.3 Å². The fourth-order valence-corrected chi connectivity index (χ4v) is 1.81. The molecule has 1 aromatic rings. The van der Waals surface area contributed by atoms with E-state index in [1.54, 1.807) is 0 Å². The average molecular weight is 352 g/mol. The summed E-state index contributed by atoms with van der Waals surface area (Å²) in [5.41, 5.74) is -2.48. The second-order valence-corrected chi connectivity index (χ2v) is 4.84. The van der Waals surface area contributed by atoms with Crippen molar-refractivity contribution >= 4 is 17.5 Å². The molecule has 0 bridgehead atoms. The smallest absolute Gasteiger partial charge is 0.368 e. The zero-order valence-electron chi connectivity index (χ0n) is 21.7. The Balaban J connectivity index is 2.76. The second kappa shape index (κ2) is 7.11. The molecule has 2 rings (SSSR count). The fourth-order valence-electron chi connectivity index (χ4n) is 1.81. The Morgan fingerprint density at radius 1 is 1.33 bits per heavy atom. The number of halogens is 3. The van der Waals surface area contributed by atoms with Crippen molar-refractivity contribution in [1.82, 2.24) is 10.2 Å². The third-order valence-corrected chi connectivity index (χ3v) is 2.91. The van der Waals surface area contributed by atoms with E-state index in [0.717, 1.165) is 19.9 Å². The molecule has 1 aromatic carbocycles. The highest BCUT2D eigenvalue weighted by molar-refractivity contribution is 5.86. The summed E-state index contributed by atoms with van der Waals surface area (Å²) in [5.74, 6) is -2.25. The summed E-state index contributed by atoms with van der Waals surface area (Å²) < 4.78 is 113. The molecule has 8 heteroatoms. The number of alkyl halides is 3. The van der Waals surface area contributed by atoms with Gasteiger partial charge in [-0.3, -0.25) is 9.59 Å². The van der Waals surface area contributed by atoms with Gasteiger partial charge in [0.15, 0.2) is 0 Å². The summed E-state index contributed by atoms with van der Waals surface area (Å²) in [5, 5.41) is 2.08. The highest BCUT2D eigenvalue weighted by Gasteiger charge is 2.31. The first-order chi connectivity index (χ1) is 14.6. The Morgan fingerprint density at radius 3 is 2.50 bits per heavy atom. The fraction of sp³-hybridized carbons (Fsp3) is 0.500. The summed E-state index contributed by atoms with van der Waals surface area (Å²) in [6, 6.07) is -1.08. The van der Waals surface area contributed by atoms with Crippen molar-refractivity contribution < 1.29 is 35.1 Å². The van der Waals surface area contributed by atoms with Crippen LogP contribution in [0.1, 0.15) is 31.7 Å². The lowest BCUT2D eigenvalue weighted by molar-refractivity contribution is -0.137. The van der Waals surface area contributed by atoms with Crippen LogP contribution >= 0.6 is 0 Å². The molecular formula is C16H20F3N3O2. The Kier molecular flexibility index (Phi) is 2.75. The number of carbonyl (C=O) groups excluding carboxylic acids is 2. The molecule has 5 nitrogen and oxygen atoms in total. The van der Waals surface area contributed by atoms with Crippen LogP contribution in [-0.2, 0) is 15.8 Å². The molecule has 1 fully saturated rings. The van der Waals surface area contributed by atoms with Gasteiger partial charge < -0.3 is 15.1 Å². The molecular weight excluding hydrogens is 323 g/mol. The maximum absolute atomic E-state index is 13.3. The number of nitrogens with zero attached hydrogens (tertiary/aromatic N) is 2. The average Bonchev–Trinajstić information content (AvgIpc) is 2.59. The van der Waals surface area contributed by atoms with Crippen molar-refractivity contribution in [3.8, 4) is 0 Å². The number of piperazine rings is 1. The second-order valence-electron chi connectivity index (χ2n) is 4.84. The minimum absolute atomic E-state index is 0.151. The largest absolute Gasteiger partial charge is 0.416 e. The maximum Gasteiger partial charge on any atom is 0.416 e. The highest BCUT2D eigenvalue weighted by atomic mass is 19.4. The molecule has 0 radical (unpaired) electrons. The molecule has 1 saturated heterocycles. The third-order valence-electron chi connectivity index (χ3n) is 2.91. The number of hydrogen-bond acceptors (Lipinski definition) is 3. The van der Waals surface area contributed by atoms with Gasteiger partial charge in [0.25, 0.3) is 0 Å². The van der Waals surface area contributed by atoms with Crippen molar-refractivity contribution in [3.63, 3.8) is 0 Å². The molecule has 1 aliphatic heterocycles. The molecule has 132 valence electrons. The molecule has 24 heavy (non-hydrogen) atoms. The van der Waals surface area contributed by atoms with Gasteiger partial charge in [-0.25, -0.2) is 0 Å². The molecule has 0 aromatic heterocycles. The predicted molar refractivity (Wildman–Crippen MR) is 83.5 cm³/mol. The van der Waals surface area contributed by atoms with Gasteiger partial charge in [0.1, 0.15) is 6.04 Å². The van der Waals surface area contributed by atoms with E-state index >= 15 is 0 Å². The van der Waals surface area contributed by atoms with E-state index in [1.165, 1.54) is 0 Å². The lowest BCUT2D eigenvalue weighted by Crippen LogP contribution is -2.54. The number of carbonyl (C=O) groups is 2. The van der Waals surface area contributed by atoms with E-state index in [1.807, 2.05) is 0 Å². The van der Waals surface area contributed by atoms with Gasteiger partial charge in [0, 0.05) is 38.6 Å². The SMILES string of the molecule is [2H]c1ccc(N2C([2H])([2H])C([2H])([2H])N(C(=O)[C@@H](C)NC(C)=O)C([2H])([2H])C2([2H])[2H])cc1C(F)(F)F. The van der Waals surface area contributed by atoms with Gasteiger partial charge in [-0.15, -0.1) is 0 Å². The normalized spacial score (nSPS) is 30.6. The number of rotatable bonds is 3. The minimum atomic E-state index is -5.09. The zero-order chi connectivity index (χ0) is 25.9. The van der Waals surface area contributed by atoms with Gasteiger partial charge in [-0.1, -0.05) is 6.07 Å². The Morgan fingerprint density at radius 2 is 1.96 bits per heavy atom. The van der Waals surface area contributed by atoms with Crippen LogP contribution in [0, 0.1) is 0 Å². The van der Waals surface area contributed by atoms with E-state index in [2.05, 4.69) is 5.32 Å². The van der Waals surface area contributed by atoms with Crippen LogP contribution in [-0.4, -0.2) is 48.7 Å². The van der Waals surface area contributed by atoms with Gasteiger partial charge in [0.2, 0.25) is 11.8 Å². The van der Waals surface area contributed by atoms with Crippen molar-refractivity contribution in [3.05, 3.63) is 29.8 Å². The molecule has 1 aliphatic rings. The summed E-state index contributed by atoms with van der Waals surface area (Å²) in [4.78, 5) is 23.6. The topological polar surface area (TPSA) is 52.6 Å². The molecule has 0 unspecified atom stereocenters. The summed E-state index contributed by atoms with van der Waals surface area (Å²) in [6.45, 7) is -12.4. The van der Waals surface area contributed by atoms with Crippen molar-refractivity contribution in [2.75, 3.05) is 30.9 Å². The van der Waals surface area contributed by atoms with Crippen LogP contribution in [0.4, 0.5) is 18.9 Å². The molecule has 1 atom stereocenters. The molecule has 0 spiro atoms. The zero-order valence-corrected chi connectivity index (χ0v) is 12.7. The number of nitrogens with one attached hydrogen (secondary N) is 1. The number of hydrogen-bond donors (Lipinski definition) is 1. The standard InChI is InChI=1S/C16H20F3N3O2/c1-11(20-12(2)23)15(24)22-8-6-21(7-9-22)14-5-3-4-13(10-14)16(17,18)19/h3-5,10-11H,6-9H2,1-2H3,(H,20,23)/t11-/m1/s1/i4D,6D2,7D2,8D2,9D2. The van der Waals surface area contributed by atoms with Crippen LogP contribution in [0.25, 0.3) is 0 Å². The molecule has 1 heterocycles. The van der Waals surface area contributed by atoms with Gasteiger partial charge in [-0.2, -0.15) is 13.2 Å². The van der Waals surface area contributed by atoms with Crippen molar-refractivity contribution in [2.45, 2.75) is 26.1 Å². The van der Waals surface area contributed by atoms with Crippen LogP contribution in [0.5, 0.6) is 0 Å². The van der Waals surface area contributed by atoms with E-state index in [9.17, 15) is 22.8 Å². The Hall–Kier alpha value is -2.25. The molecule has 2 amide bonds. The predicted octanol–water partition coefficient (Wildman–Crippen LogP) is 1.88. The minimum Gasteiger partial charge on any atom is -0.368 e. The number of anilines is 1. The van der Waals surface area contributed by atoms with Crippen LogP contribution in [0.3, 0.4) is 0 Å². The summed E-state index contributed by atoms with van der Waals surface area (Å²) in [7, 11) is 0. The molecule has 0 aliphatic carbocycles. The first-order valence-electron chi connectivity index (χ1n) is 11.2. The Labute approximate surface area is 151 Å². The monoisotopic (exact) mass is 352 g/mol. The van der Waals surface area contributed by atoms with E-state index in [-0.39, 0.29) is 15.9 Å². The van der Waals surface area contributed by atoms with Crippen LogP contribution < -0.4 is 10.2 Å². The van der Waals surface area contributed by atoms with Crippen LogP contribution in [0.15, 0.2) is 24.2 Å². The lowest BCUT2D eigenvalue weighted by atomic mass is 10.1. The molecule has 1 N–H and O–H groups in total. The van der Waals surface area contributed by atoms with Gasteiger partial charge in [0.05, 0.1) is 17.9 Å². The van der Waals surface area contributed by atoms with Gasteiger partial charge in [-0.05, 0) is 25.1 Å².